The van der Waals surface area contributed by atoms with Crippen molar-refractivity contribution in [1.29, 1.82) is 5.26 Å². The second-order valence-electron chi connectivity index (χ2n) is 7.12. The van der Waals surface area contributed by atoms with Gasteiger partial charge < -0.3 is 5.32 Å². The lowest BCUT2D eigenvalue weighted by molar-refractivity contribution is -0.123. The lowest BCUT2D eigenvalue weighted by Gasteiger charge is -2.40. The maximum absolute atomic E-state index is 12.2. The number of hydrogen-bond acceptors (Lipinski definition) is 2. The molecule has 1 saturated carbocycles. The zero-order chi connectivity index (χ0) is 18.3. The molecule has 0 radical (unpaired) electrons. The number of fused-ring (bicyclic) bond motifs is 1. The van der Waals surface area contributed by atoms with Crippen LogP contribution in [0.2, 0.25) is 10.0 Å². The zero-order valence-corrected chi connectivity index (χ0v) is 15.6. The summed E-state index contributed by atoms with van der Waals surface area (Å²) in [5.41, 5.74) is 2.81. The molecular formula is C21H18Cl2N2O. The standard InChI is InChI=1S/C21H18Cl2N2O/c22-14-4-2-13(3-5-14)20-16(7-8-17-18(20)11-25-21(17)26)15-6-1-12(10-24)9-19(15)23/h1-6,9,16-18,20H,7-8,11H2,(H,25,26)/t16-,17+,18+,20-/m0/s1. The van der Waals surface area contributed by atoms with Crippen molar-refractivity contribution in [2.45, 2.75) is 24.7 Å². The summed E-state index contributed by atoms with van der Waals surface area (Å²) in [5.74, 6) is 0.873. The largest absolute Gasteiger partial charge is 0.356 e. The van der Waals surface area contributed by atoms with E-state index in [1.165, 1.54) is 5.56 Å². The van der Waals surface area contributed by atoms with Crippen molar-refractivity contribution >= 4 is 29.1 Å². The van der Waals surface area contributed by atoms with Crippen molar-refractivity contribution in [3.05, 3.63) is 69.2 Å². The highest BCUT2D eigenvalue weighted by Crippen LogP contribution is 2.52. The van der Waals surface area contributed by atoms with E-state index in [0.29, 0.717) is 22.2 Å². The van der Waals surface area contributed by atoms with Crippen LogP contribution in [0.1, 0.15) is 41.4 Å². The number of nitrogens with one attached hydrogen (secondary N) is 1. The predicted molar refractivity (Wildman–Crippen MR) is 102 cm³/mol. The highest BCUT2D eigenvalue weighted by Gasteiger charge is 2.47. The van der Waals surface area contributed by atoms with Crippen LogP contribution in [0.15, 0.2) is 42.5 Å². The van der Waals surface area contributed by atoms with Gasteiger partial charge in [-0.05, 0) is 66.0 Å². The van der Waals surface area contributed by atoms with Gasteiger partial charge in [-0.2, -0.15) is 5.26 Å². The van der Waals surface area contributed by atoms with E-state index < -0.39 is 0 Å². The SMILES string of the molecule is N#Cc1ccc([C@@H]2CC[C@H]3C(=O)NC[C@H]3[C@H]2c2ccc(Cl)cc2)c(Cl)c1. The Morgan fingerprint density at radius 1 is 1.04 bits per heavy atom. The molecule has 2 aromatic rings. The van der Waals surface area contributed by atoms with Gasteiger partial charge in [-0.25, -0.2) is 0 Å². The van der Waals surface area contributed by atoms with Crippen LogP contribution in [0.25, 0.3) is 0 Å². The molecule has 1 heterocycles. The summed E-state index contributed by atoms with van der Waals surface area (Å²) in [6, 6.07) is 15.6. The fraction of sp³-hybridized carbons (Fsp3) is 0.333. The third-order valence-corrected chi connectivity index (χ3v) is 6.41. The second-order valence-corrected chi connectivity index (χ2v) is 7.97. The summed E-state index contributed by atoms with van der Waals surface area (Å²) in [4.78, 5) is 12.2. The van der Waals surface area contributed by atoms with Crippen LogP contribution in [-0.4, -0.2) is 12.5 Å². The fourth-order valence-corrected chi connectivity index (χ4v) is 5.10. The second kappa shape index (κ2) is 6.95. The molecule has 2 aliphatic rings. The van der Waals surface area contributed by atoms with Gasteiger partial charge in [0.1, 0.15) is 0 Å². The van der Waals surface area contributed by atoms with Gasteiger partial charge in [0.2, 0.25) is 5.91 Å². The van der Waals surface area contributed by atoms with Crippen LogP contribution in [0, 0.1) is 23.2 Å². The van der Waals surface area contributed by atoms with Gasteiger partial charge in [-0.3, -0.25) is 4.79 Å². The minimum absolute atomic E-state index is 0.0593. The van der Waals surface area contributed by atoms with E-state index in [2.05, 4.69) is 23.5 Å². The molecule has 4 atom stereocenters. The zero-order valence-electron chi connectivity index (χ0n) is 14.1. The van der Waals surface area contributed by atoms with Crippen molar-refractivity contribution in [3.8, 4) is 6.07 Å². The average molecular weight is 385 g/mol. The Labute approximate surface area is 162 Å². The summed E-state index contributed by atoms with van der Waals surface area (Å²) in [7, 11) is 0. The van der Waals surface area contributed by atoms with Gasteiger partial charge >= 0.3 is 0 Å². The molecule has 0 spiro atoms. The molecule has 132 valence electrons. The van der Waals surface area contributed by atoms with Crippen molar-refractivity contribution in [2.75, 3.05) is 6.54 Å². The number of nitrogens with zero attached hydrogens (tertiary/aromatic N) is 1. The molecule has 1 N–H and O–H groups in total. The topological polar surface area (TPSA) is 52.9 Å². The van der Waals surface area contributed by atoms with Gasteiger partial charge in [0.05, 0.1) is 11.6 Å². The van der Waals surface area contributed by atoms with Crippen LogP contribution >= 0.6 is 23.2 Å². The monoisotopic (exact) mass is 384 g/mol. The molecular weight excluding hydrogens is 367 g/mol. The van der Waals surface area contributed by atoms with Gasteiger partial charge in [0, 0.05) is 22.5 Å². The first-order chi connectivity index (χ1) is 12.6. The number of amides is 1. The Bertz CT molecular complexity index is 888. The lowest BCUT2D eigenvalue weighted by Crippen LogP contribution is -2.32. The molecule has 0 unspecified atom stereocenters. The maximum atomic E-state index is 12.2. The van der Waals surface area contributed by atoms with Crippen LogP contribution < -0.4 is 5.32 Å². The fourth-order valence-electron chi connectivity index (χ4n) is 4.66. The summed E-state index contributed by atoms with van der Waals surface area (Å²) in [6.45, 7) is 0.696. The molecule has 1 saturated heterocycles. The van der Waals surface area contributed by atoms with E-state index in [9.17, 15) is 4.79 Å². The Morgan fingerprint density at radius 3 is 2.46 bits per heavy atom. The van der Waals surface area contributed by atoms with E-state index in [1.807, 2.05) is 24.3 Å². The van der Waals surface area contributed by atoms with E-state index in [0.717, 1.165) is 18.4 Å². The van der Waals surface area contributed by atoms with E-state index in [4.69, 9.17) is 28.5 Å². The average Bonchev–Trinajstić information content (AvgIpc) is 3.03. The van der Waals surface area contributed by atoms with Crippen LogP contribution in [-0.2, 0) is 4.79 Å². The number of nitriles is 1. The third kappa shape index (κ3) is 2.98. The molecule has 5 heteroatoms. The Balaban J connectivity index is 1.78. The van der Waals surface area contributed by atoms with E-state index in [1.54, 1.807) is 6.07 Å². The first kappa shape index (κ1) is 17.4. The van der Waals surface area contributed by atoms with E-state index in [-0.39, 0.29) is 29.6 Å². The first-order valence-electron chi connectivity index (χ1n) is 8.81. The summed E-state index contributed by atoms with van der Waals surface area (Å²) in [5, 5.41) is 13.5. The quantitative estimate of drug-likeness (QED) is 0.801. The lowest BCUT2D eigenvalue weighted by atomic mass is 9.63. The van der Waals surface area contributed by atoms with Gasteiger partial charge in [-0.15, -0.1) is 0 Å². The van der Waals surface area contributed by atoms with Crippen LogP contribution in [0.3, 0.4) is 0 Å². The normalized spacial score (nSPS) is 27.5. The molecule has 26 heavy (non-hydrogen) atoms. The number of halogens is 2. The molecule has 2 aromatic carbocycles. The minimum Gasteiger partial charge on any atom is -0.356 e. The van der Waals surface area contributed by atoms with Gasteiger partial charge in [0.15, 0.2) is 0 Å². The molecule has 1 aliphatic carbocycles. The number of benzene rings is 2. The molecule has 1 aliphatic heterocycles. The van der Waals surface area contributed by atoms with Crippen molar-refractivity contribution < 1.29 is 4.79 Å². The smallest absolute Gasteiger partial charge is 0.223 e. The summed E-state index contributed by atoms with van der Waals surface area (Å²) >= 11 is 12.6. The third-order valence-electron chi connectivity index (χ3n) is 5.83. The number of carbonyl (C=O) groups is 1. The van der Waals surface area contributed by atoms with Crippen molar-refractivity contribution in [3.63, 3.8) is 0 Å². The number of carbonyl (C=O) groups excluding carboxylic acids is 1. The molecule has 0 bridgehead atoms. The van der Waals surface area contributed by atoms with Crippen molar-refractivity contribution in [2.24, 2.45) is 11.8 Å². The molecule has 3 nitrogen and oxygen atoms in total. The Hall–Kier alpha value is -2.02. The van der Waals surface area contributed by atoms with E-state index >= 15 is 0 Å². The maximum Gasteiger partial charge on any atom is 0.223 e. The number of hydrogen-bond donors (Lipinski definition) is 1. The first-order valence-corrected chi connectivity index (χ1v) is 9.57. The molecule has 2 fully saturated rings. The summed E-state index contributed by atoms with van der Waals surface area (Å²) < 4.78 is 0. The highest BCUT2D eigenvalue weighted by molar-refractivity contribution is 6.31. The summed E-state index contributed by atoms with van der Waals surface area (Å²) in [6.07, 6.45) is 1.76. The van der Waals surface area contributed by atoms with Crippen LogP contribution in [0.5, 0.6) is 0 Å². The molecule has 1 amide bonds. The van der Waals surface area contributed by atoms with Crippen molar-refractivity contribution in [1.82, 2.24) is 5.32 Å². The van der Waals surface area contributed by atoms with Gasteiger partial charge in [-0.1, -0.05) is 41.4 Å². The van der Waals surface area contributed by atoms with Gasteiger partial charge in [0.25, 0.3) is 0 Å². The highest BCUT2D eigenvalue weighted by atomic mass is 35.5. The molecule has 4 rings (SSSR count). The molecule has 0 aromatic heterocycles. The predicted octanol–water partition coefficient (Wildman–Crippen LogP) is 4.89. The van der Waals surface area contributed by atoms with Crippen LogP contribution in [0.4, 0.5) is 0 Å². The Kier molecular flexibility index (Phi) is 4.65. The number of rotatable bonds is 2. The Morgan fingerprint density at radius 2 is 1.77 bits per heavy atom. The minimum atomic E-state index is 0.0593.